The van der Waals surface area contributed by atoms with Crippen LogP contribution in [0.25, 0.3) is 0 Å². The monoisotopic (exact) mass is 207 g/mol. The molecule has 0 saturated carbocycles. The van der Waals surface area contributed by atoms with Crippen molar-refractivity contribution in [3.8, 4) is 6.07 Å². The van der Waals surface area contributed by atoms with Crippen molar-refractivity contribution >= 4 is 0 Å². The van der Waals surface area contributed by atoms with E-state index in [2.05, 4.69) is 0 Å². The van der Waals surface area contributed by atoms with Gasteiger partial charge in [-0.1, -0.05) is 12.1 Å². The van der Waals surface area contributed by atoms with Crippen LogP contribution in [0.5, 0.6) is 0 Å². The number of nitrogens with zero attached hydrogens (tertiary/aromatic N) is 1. The predicted octanol–water partition coefficient (Wildman–Crippen LogP) is 2.13. The standard InChI is InChI=1S/C11H10FNO2/c12-10-8(7-13)3-1-4-9(10)11-14-5-2-6-15-11/h1,3-4,11H,2,5-6H2. The molecule has 1 aromatic rings. The lowest BCUT2D eigenvalue weighted by Gasteiger charge is -2.23. The highest BCUT2D eigenvalue weighted by Gasteiger charge is 2.21. The smallest absolute Gasteiger partial charge is 0.186 e. The van der Waals surface area contributed by atoms with Crippen molar-refractivity contribution in [2.24, 2.45) is 0 Å². The fraction of sp³-hybridized carbons (Fsp3) is 0.364. The summed E-state index contributed by atoms with van der Waals surface area (Å²) in [5.41, 5.74) is 0.319. The van der Waals surface area contributed by atoms with Gasteiger partial charge in [-0.25, -0.2) is 4.39 Å². The molecule has 15 heavy (non-hydrogen) atoms. The molecule has 0 unspecified atom stereocenters. The summed E-state index contributed by atoms with van der Waals surface area (Å²) in [7, 11) is 0. The highest BCUT2D eigenvalue weighted by atomic mass is 19.1. The second-order valence-corrected chi connectivity index (χ2v) is 3.25. The van der Waals surface area contributed by atoms with Crippen LogP contribution in [-0.2, 0) is 9.47 Å². The van der Waals surface area contributed by atoms with Crippen LogP contribution in [0.15, 0.2) is 18.2 Å². The van der Waals surface area contributed by atoms with Crippen molar-refractivity contribution in [1.82, 2.24) is 0 Å². The second kappa shape index (κ2) is 4.39. The number of hydrogen-bond donors (Lipinski definition) is 0. The molecular weight excluding hydrogens is 197 g/mol. The summed E-state index contributed by atoms with van der Waals surface area (Å²) in [6.45, 7) is 1.11. The zero-order valence-corrected chi connectivity index (χ0v) is 8.07. The third kappa shape index (κ3) is 1.99. The van der Waals surface area contributed by atoms with Gasteiger partial charge in [-0.3, -0.25) is 0 Å². The molecule has 0 spiro atoms. The molecule has 1 fully saturated rings. The van der Waals surface area contributed by atoms with Crippen LogP contribution < -0.4 is 0 Å². The molecule has 1 aromatic carbocycles. The van der Waals surface area contributed by atoms with Gasteiger partial charge in [0.25, 0.3) is 0 Å². The molecule has 1 aliphatic rings. The molecule has 1 aliphatic heterocycles. The van der Waals surface area contributed by atoms with Gasteiger partial charge in [0.1, 0.15) is 11.9 Å². The predicted molar refractivity (Wildman–Crippen MR) is 50.4 cm³/mol. The Bertz CT molecular complexity index is 394. The third-order valence-corrected chi connectivity index (χ3v) is 2.23. The first-order valence-corrected chi connectivity index (χ1v) is 4.74. The van der Waals surface area contributed by atoms with E-state index in [0.717, 1.165) is 6.42 Å². The van der Waals surface area contributed by atoms with Crippen molar-refractivity contribution in [2.75, 3.05) is 13.2 Å². The minimum absolute atomic E-state index is 0.0188. The lowest BCUT2D eigenvalue weighted by Crippen LogP contribution is -2.19. The largest absolute Gasteiger partial charge is 0.348 e. The number of halogens is 1. The number of ether oxygens (including phenoxy) is 2. The highest BCUT2D eigenvalue weighted by Crippen LogP contribution is 2.26. The van der Waals surface area contributed by atoms with Crippen molar-refractivity contribution in [2.45, 2.75) is 12.7 Å². The number of nitriles is 1. The molecule has 78 valence electrons. The lowest BCUT2D eigenvalue weighted by molar-refractivity contribution is -0.184. The van der Waals surface area contributed by atoms with E-state index in [1.165, 1.54) is 6.07 Å². The first-order valence-electron chi connectivity index (χ1n) is 4.74. The SMILES string of the molecule is N#Cc1cccc(C2OCCCO2)c1F. The van der Waals surface area contributed by atoms with Gasteiger partial charge in [-0.2, -0.15) is 5.26 Å². The van der Waals surface area contributed by atoms with Crippen LogP contribution in [0, 0.1) is 17.1 Å². The quantitative estimate of drug-likeness (QED) is 0.708. The van der Waals surface area contributed by atoms with Crippen LogP contribution in [-0.4, -0.2) is 13.2 Å². The molecule has 0 radical (unpaired) electrons. The molecule has 0 amide bonds. The fourth-order valence-corrected chi connectivity index (χ4v) is 1.49. The van der Waals surface area contributed by atoms with E-state index >= 15 is 0 Å². The summed E-state index contributed by atoms with van der Waals surface area (Å²) in [6, 6.07) is 6.42. The van der Waals surface area contributed by atoms with Crippen molar-refractivity contribution in [3.63, 3.8) is 0 Å². The molecule has 0 bridgehead atoms. The van der Waals surface area contributed by atoms with Crippen molar-refractivity contribution < 1.29 is 13.9 Å². The molecule has 2 rings (SSSR count). The Balaban J connectivity index is 2.31. The molecule has 4 heteroatoms. The van der Waals surface area contributed by atoms with Gasteiger partial charge in [0, 0.05) is 5.56 Å². The van der Waals surface area contributed by atoms with Gasteiger partial charge in [0.2, 0.25) is 0 Å². The van der Waals surface area contributed by atoms with E-state index in [9.17, 15) is 4.39 Å². The Morgan fingerprint density at radius 2 is 2.07 bits per heavy atom. The maximum Gasteiger partial charge on any atom is 0.186 e. The molecule has 0 N–H and O–H groups in total. The lowest BCUT2D eigenvalue weighted by atomic mass is 10.1. The van der Waals surface area contributed by atoms with Gasteiger partial charge in [-0.15, -0.1) is 0 Å². The maximum absolute atomic E-state index is 13.7. The van der Waals surface area contributed by atoms with Crippen LogP contribution in [0.3, 0.4) is 0 Å². The van der Waals surface area contributed by atoms with Crippen LogP contribution in [0.4, 0.5) is 4.39 Å². The second-order valence-electron chi connectivity index (χ2n) is 3.25. The van der Waals surface area contributed by atoms with E-state index in [4.69, 9.17) is 14.7 Å². The fourth-order valence-electron chi connectivity index (χ4n) is 1.49. The Labute approximate surface area is 87.0 Å². The van der Waals surface area contributed by atoms with Crippen molar-refractivity contribution in [1.29, 1.82) is 5.26 Å². The van der Waals surface area contributed by atoms with Gasteiger partial charge in [0.15, 0.2) is 6.29 Å². The Kier molecular flexibility index (Phi) is 2.95. The number of hydrogen-bond acceptors (Lipinski definition) is 3. The van der Waals surface area contributed by atoms with E-state index in [1.807, 2.05) is 0 Å². The van der Waals surface area contributed by atoms with Gasteiger partial charge in [0.05, 0.1) is 18.8 Å². The normalized spacial score (nSPS) is 17.3. The zero-order valence-electron chi connectivity index (χ0n) is 8.07. The van der Waals surface area contributed by atoms with E-state index in [1.54, 1.807) is 18.2 Å². The summed E-state index contributed by atoms with van der Waals surface area (Å²) in [5, 5.41) is 8.67. The van der Waals surface area contributed by atoms with Crippen LogP contribution in [0.1, 0.15) is 23.8 Å². The molecule has 1 saturated heterocycles. The average molecular weight is 207 g/mol. The average Bonchev–Trinajstić information content (AvgIpc) is 2.30. The maximum atomic E-state index is 13.7. The minimum Gasteiger partial charge on any atom is -0.348 e. The first kappa shape index (κ1) is 10.1. The molecular formula is C11H10FNO2. The van der Waals surface area contributed by atoms with E-state index < -0.39 is 12.1 Å². The minimum atomic E-state index is -0.674. The van der Waals surface area contributed by atoms with Gasteiger partial charge < -0.3 is 9.47 Å². The molecule has 3 nitrogen and oxygen atoms in total. The third-order valence-electron chi connectivity index (χ3n) is 2.23. The van der Waals surface area contributed by atoms with Gasteiger partial charge in [-0.05, 0) is 12.5 Å². The Morgan fingerprint density at radius 1 is 1.33 bits per heavy atom. The summed E-state index contributed by atoms with van der Waals surface area (Å²) >= 11 is 0. The zero-order chi connectivity index (χ0) is 10.7. The van der Waals surface area contributed by atoms with E-state index in [-0.39, 0.29) is 5.56 Å². The topological polar surface area (TPSA) is 42.2 Å². The number of benzene rings is 1. The summed E-state index contributed by atoms with van der Waals surface area (Å²) < 4.78 is 24.2. The van der Waals surface area contributed by atoms with Crippen LogP contribution in [0.2, 0.25) is 0 Å². The molecule has 1 heterocycles. The first-order chi connectivity index (χ1) is 7.33. The van der Waals surface area contributed by atoms with Crippen LogP contribution >= 0.6 is 0 Å². The molecule has 0 atom stereocenters. The summed E-state index contributed by atoms with van der Waals surface area (Å²) in [6.07, 6.45) is 0.142. The van der Waals surface area contributed by atoms with Crippen molar-refractivity contribution in [3.05, 3.63) is 35.1 Å². The molecule has 0 aromatic heterocycles. The number of rotatable bonds is 1. The van der Waals surface area contributed by atoms with Gasteiger partial charge >= 0.3 is 0 Å². The Morgan fingerprint density at radius 3 is 2.73 bits per heavy atom. The summed E-state index contributed by atoms with van der Waals surface area (Å²) in [4.78, 5) is 0. The highest BCUT2D eigenvalue weighted by molar-refractivity contribution is 5.35. The summed E-state index contributed by atoms with van der Waals surface area (Å²) in [5.74, 6) is -0.549. The Hall–Kier alpha value is -1.44. The molecule has 0 aliphatic carbocycles. The van der Waals surface area contributed by atoms with E-state index in [0.29, 0.717) is 18.8 Å².